The molecule has 0 saturated carbocycles. The molecule has 0 radical (unpaired) electrons. The molecule has 1 N–H and O–H groups in total. The van der Waals surface area contributed by atoms with E-state index in [1.165, 1.54) is 7.05 Å². The monoisotopic (exact) mass is 298 g/mol. The van der Waals surface area contributed by atoms with Gasteiger partial charge in [0, 0.05) is 19.8 Å². The number of nitrogens with one attached hydrogen (secondary N) is 1. The van der Waals surface area contributed by atoms with Gasteiger partial charge in [0.05, 0.1) is 0 Å². The molecule has 0 atom stereocenters. The zero-order chi connectivity index (χ0) is 13.8. The molecule has 0 aliphatic carbocycles. The minimum atomic E-state index is -3.69. The predicted molar refractivity (Wildman–Crippen MR) is 71.5 cm³/mol. The first-order valence-electron chi connectivity index (χ1n) is 6.03. The van der Waals surface area contributed by atoms with Crippen molar-refractivity contribution in [3.05, 3.63) is 0 Å². The van der Waals surface area contributed by atoms with Gasteiger partial charge in [0.15, 0.2) is 14.9 Å². The fraction of sp³-hybridized carbons (Fsp3) is 1.00. The van der Waals surface area contributed by atoms with Gasteiger partial charge >= 0.3 is 0 Å². The molecule has 1 rings (SSSR count). The predicted octanol–water partition coefficient (Wildman–Crippen LogP) is -0.360. The van der Waals surface area contributed by atoms with Gasteiger partial charge in [-0.15, -0.1) is 0 Å². The molecule has 0 amide bonds. The third-order valence-electron chi connectivity index (χ3n) is 3.15. The number of piperidine rings is 1. The highest BCUT2D eigenvalue weighted by atomic mass is 32.3. The summed E-state index contributed by atoms with van der Waals surface area (Å²) in [4.78, 5) is 0. The first-order chi connectivity index (χ1) is 8.21. The third kappa shape index (κ3) is 5.64. The number of rotatable bonds is 6. The number of sulfonamides is 1. The third-order valence-corrected chi connectivity index (χ3v) is 7.19. The fourth-order valence-electron chi connectivity index (χ4n) is 2.03. The minimum absolute atomic E-state index is 0.391. The number of hydrogen-bond acceptors (Lipinski definition) is 5. The van der Waals surface area contributed by atoms with Crippen LogP contribution in [0.5, 0.6) is 0 Å². The summed E-state index contributed by atoms with van der Waals surface area (Å²) >= 11 is 0. The van der Waals surface area contributed by atoms with Crippen molar-refractivity contribution in [2.75, 3.05) is 38.0 Å². The molecule has 1 aliphatic heterocycles. The smallest absolute Gasteiger partial charge is 0.228 e. The number of nitrogens with zero attached hydrogens (tertiary/aromatic N) is 1. The van der Waals surface area contributed by atoms with Gasteiger partial charge in [-0.2, -0.15) is 0 Å². The van der Waals surface area contributed by atoms with Gasteiger partial charge in [-0.05, 0) is 38.3 Å². The van der Waals surface area contributed by atoms with E-state index in [0.29, 0.717) is 12.5 Å². The number of hydrogen-bond donors (Lipinski definition) is 1. The van der Waals surface area contributed by atoms with Gasteiger partial charge in [-0.1, -0.05) is 0 Å². The summed E-state index contributed by atoms with van der Waals surface area (Å²) in [5, 5.41) is 2.45. The second-order valence-electron chi connectivity index (χ2n) is 4.96. The maximum atomic E-state index is 11.8. The first-order valence-corrected chi connectivity index (χ1v) is 9.70. The normalized spacial score (nSPS) is 19.3. The van der Waals surface area contributed by atoms with E-state index in [0.717, 1.165) is 42.9 Å². The van der Waals surface area contributed by atoms with Gasteiger partial charge in [-0.3, -0.25) is 0 Å². The average molecular weight is 298 g/mol. The van der Waals surface area contributed by atoms with Gasteiger partial charge in [0.2, 0.25) is 10.0 Å². The SMILES string of the molecule is CN(CCC1CCNCC1)S(=O)(=O)CS(C)(=O)=O. The van der Waals surface area contributed by atoms with Crippen LogP contribution < -0.4 is 5.32 Å². The molecule has 0 aromatic carbocycles. The van der Waals surface area contributed by atoms with Crippen LogP contribution in [0.25, 0.3) is 0 Å². The van der Waals surface area contributed by atoms with Crippen molar-refractivity contribution >= 4 is 19.9 Å². The van der Waals surface area contributed by atoms with Crippen molar-refractivity contribution in [2.24, 2.45) is 5.92 Å². The molecule has 18 heavy (non-hydrogen) atoms. The second kappa shape index (κ2) is 6.31. The summed E-state index contributed by atoms with van der Waals surface area (Å²) in [6, 6.07) is 0. The van der Waals surface area contributed by atoms with Crippen molar-refractivity contribution in [1.82, 2.24) is 9.62 Å². The Morgan fingerprint density at radius 1 is 1.17 bits per heavy atom. The topological polar surface area (TPSA) is 83.6 Å². The molecule has 6 nitrogen and oxygen atoms in total. The molecular weight excluding hydrogens is 276 g/mol. The van der Waals surface area contributed by atoms with E-state index < -0.39 is 24.9 Å². The number of sulfone groups is 1. The minimum Gasteiger partial charge on any atom is -0.317 e. The summed E-state index contributed by atoms with van der Waals surface area (Å²) in [6.07, 6.45) is 3.84. The average Bonchev–Trinajstić information content (AvgIpc) is 2.24. The van der Waals surface area contributed by atoms with Crippen molar-refractivity contribution in [1.29, 1.82) is 0 Å². The van der Waals surface area contributed by atoms with Crippen LogP contribution in [-0.2, 0) is 19.9 Å². The molecule has 108 valence electrons. The molecule has 1 saturated heterocycles. The maximum absolute atomic E-state index is 11.8. The van der Waals surface area contributed by atoms with Gasteiger partial charge < -0.3 is 5.32 Å². The largest absolute Gasteiger partial charge is 0.317 e. The van der Waals surface area contributed by atoms with Crippen molar-refractivity contribution < 1.29 is 16.8 Å². The Hall–Kier alpha value is -0.180. The lowest BCUT2D eigenvalue weighted by Crippen LogP contribution is -2.35. The van der Waals surface area contributed by atoms with Crippen LogP contribution in [0.4, 0.5) is 0 Å². The van der Waals surface area contributed by atoms with E-state index in [1.54, 1.807) is 0 Å². The Kier molecular flexibility index (Phi) is 5.57. The van der Waals surface area contributed by atoms with Crippen molar-refractivity contribution in [3.8, 4) is 0 Å². The van der Waals surface area contributed by atoms with Crippen LogP contribution in [0.15, 0.2) is 0 Å². The molecule has 0 bridgehead atoms. The van der Waals surface area contributed by atoms with Crippen LogP contribution in [-0.4, -0.2) is 59.2 Å². The molecule has 0 spiro atoms. The zero-order valence-corrected chi connectivity index (χ0v) is 12.6. The van der Waals surface area contributed by atoms with E-state index >= 15 is 0 Å². The summed E-state index contributed by atoms with van der Waals surface area (Å²) in [7, 11) is -5.75. The van der Waals surface area contributed by atoms with Gasteiger partial charge in [0.1, 0.15) is 0 Å². The standard InChI is InChI=1S/C10H22N2O4S2/c1-12(18(15,16)9-17(2,13)14)8-5-10-3-6-11-7-4-10/h10-11H,3-9H2,1-2H3. The van der Waals surface area contributed by atoms with Crippen LogP contribution in [0.2, 0.25) is 0 Å². The van der Waals surface area contributed by atoms with E-state index in [-0.39, 0.29) is 0 Å². The lowest BCUT2D eigenvalue weighted by atomic mass is 9.95. The Morgan fingerprint density at radius 3 is 2.22 bits per heavy atom. The molecule has 0 aromatic heterocycles. The summed E-state index contributed by atoms with van der Waals surface area (Å²) in [5.74, 6) is 0.530. The molecule has 1 aliphatic rings. The van der Waals surface area contributed by atoms with Gasteiger partial charge in [0.25, 0.3) is 0 Å². The molecular formula is C10H22N2O4S2. The second-order valence-corrected chi connectivity index (χ2v) is 9.54. The van der Waals surface area contributed by atoms with E-state index in [1.807, 2.05) is 0 Å². The molecule has 1 heterocycles. The van der Waals surface area contributed by atoms with E-state index in [4.69, 9.17) is 0 Å². The maximum Gasteiger partial charge on any atom is 0.228 e. The molecule has 8 heteroatoms. The Labute approximate surface area is 110 Å². The van der Waals surface area contributed by atoms with Crippen LogP contribution in [0.1, 0.15) is 19.3 Å². The van der Waals surface area contributed by atoms with Crippen LogP contribution in [0.3, 0.4) is 0 Å². The fourth-order valence-corrected chi connectivity index (χ4v) is 5.30. The van der Waals surface area contributed by atoms with E-state index in [2.05, 4.69) is 5.32 Å². The van der Waals surface area contributed by atoms with Crippen LogP contribution in [0, 0.1) is 5.92 Å². The summed E-state index contributed by atoms with van der Waals surface area (Å²) in [5.41, 5.74) is 0. The first kappa shape index (κ1) is 15.9. The lowest BCUT2D eigenvalue weighted by molar-refractivity contribution is 0.326. The highest BCUT2D eigenvalue weighted by Crippen LogP contribution is 2.17. The molecule has 1 fully saturated rings. The summed E-state index contributed by atoms with van der Waals surface area (Å²) < 4.78 is 46.8. The Balaban J connectivity index is 2.46. The zero-order valence-electron chi connectivity index (χ0n) is 10.9. The highest BCUT2D eigenvalue weighted by molar-refractivity contribution is 8.06. The highest BCUT2D eigenvalue weighted by Gasteiger charge is 2.24. The van der Waals surface area contributed by atoms with Crippen LogP contribution >= 0.6 is 0 Å². The van der Waals surface area contributed by atoms with E-state index in [9.17, 15) is 16.8 Å². The van der Waals surface area contributed by atoms with Crippen molar-refractivity contribution in [2.45, 2.75) is 19.3 Å². The quantitative estimate of drug-likeness (QED) is 0.724. The van der Waals surface area contributed by atoms with Gasteiger partial charge in [-0.25, -0.2) is 21.1 Å². The van der Waals surface area contributed by atoms with Crippen molar-refractivity contribution in [3.63, 3.8) is 0 Å². The lowest BCUT2D eigenvalue weighted by Gasteiger charge is -2.24. The Morgan fingerprint density at radius 2 is 1.72 bits per heavy atom. The molecule has 0 unspecified atom stereocenters. The summed E-state index contributed by atoms with van der Waals surface area (Å²) in [6.45, 7) is 2.34. The molecule has 0 aromatic rings. The Bertz CT molecular complexity index is 452.